The van der Waals surface area contributed by atoms with Gasteiger partial charge in [0, 0.05) is 19.1 Å². The number of hydrogen-bond acceptors (Lipinski definition) is 2. The molecule has 0 bridgehead atoms. The van der Waals surface area contributed by atoms with Crippen LogP contribution in [0.3, 0.4) is 0 Å². The largest absolute Gasteiger partial charge is 0.315 e. The second-order valence-electron chi connectivity index (χ2n) is 6.55. The zero-order valence-corrected chi connectivity index (χ0v) is 11.8. The Morgan fingerprint density at radius 3 is 2.62 bits per heavy atom. The van der Waals surface area contributed by atoms with Gasteiger partial charge in [-0.15, -0.1) is 0 Å². The van der Waals surface area contributed by atoms with Crippen LogP contribution in [-0.2, 0) is 0 Å². The van der Waals surface area contributed by atoms with Crippen molar-refractivity contribution in [1.82, 2.24) is 10.6 Å². The number of piperidine rings is 1. The van der Waals surface area contributed by atoms with E-state index in [4.69, 9.17) is 0 Å². The Morgan fingerprint density at radius 1 is 1.38 bits per heavy atom. The van der Waals surface area contributed by atoms with Crippen molar-refractivity contribution in [1.29, 1.82) is 0 Å². The minimum Gasteiger partial charge on any atom is -0.315 e. The van der Waals surface area contributed by atoms with Crippen molar-refractivity contribution in [2.75, 3.05) is 19.6 Å². The van der Waals surface area contributed by atoms with Crippen LogP contribution in [0.15, 0.2) is 0 Å². The Kier molecular flexibility index (Phi) is 5.26. The fraction of sp³-hybridized carbons (Fsp3) is 1.00. The molecule has 0 aliphatic carbocycles. The highest BCUT2D eigenvalue weighted by atomic mass is 15.0. The zero-order chi connectivity index (χ0) is 12.2. The van der Waals surface area contributed by atoms with Crippen LogP contribution in [0.1, 0.15) is 47.5 Å². The van der Waals surface area contributed by atoms with Crippen molar-refractivity contribution in [2.45, 2.75) is 53.5 Å². The predicted molar refractivity (Wildman–Crippen MR) is 71.7 cm³/mol. The van der Waals surface area contributed by atoms with Gasteiger partial charge in [-0.1, -0.05) is 34.6 Å². The van der Waals surface area contributed by atoms with E-state index >= 15 is 0 Å². The molecule has 0 spiro atoms. The summed E-state index contributed by atoms with van der Waals surface area (Å²) in [6.45, 7) is 15.1. The molecule has 16 heavy (non-hydrogen) atoms. The summed E-state index contributed by atoms with van der Waals surface area (Å²) in [5.74, 6) is 1.63. The van der Waals surface area contributed by atoms with Crippen LogP contribution >= 0.6 is 0 Å². The molecular formula is C14H30N2. The molecule has 1 heterocycles. The molecule has 1 rings (SSSR count). The summed E-state index contributed by atoms with van der Waals surface area (Å²) in [7, 11) is 0. The number of nitrogens with one attached hydrogen (secondary N) is 2. The Morgan fingerprint density at radius 2 is 2.06 bits per heavy atom. The first kappa shape index (κ1) is 14.0. The smallest absolute Gasteiger partial charge is 0.0195 e. The molecule has 0 aromatic carbocycles. The average Bonchev–Trinajstić information content (AvgIpc) is 2.17. The third kappa shape index (κ3) is 4.42. The topological polar surface area (TPSA) is 24.1 Å². The van der Waals surface area contributed by atoms with Gasteiger partial charge in [-0.25, -0.2) is 0 Å². The van der Waals surface area contributed by atoms with Crippen LogP contribution in [0.5, 0.6) is 0 Å². The summed E-state index contributed by atoms with van der Waals surface area (Å²) in [5.41, 5.74) is 0.403. The van der Waals surface area contributed by atoms with E-state index in [0.29, 0.717) is 11.5 Å². The molecule has 0 amide bonds. The fourth-order valence-corrected chi connectivity index (χ4v) is 2.15. The maximum absolute atomic E-state index is 3.63. The summed E-state index contributed by atoms with van der Waals surface area (Å²) < 4.78 is 0. The van der Waals surface area contributed by atoms with E-state index in [1.54, 1.807) is 0 Å². The van der Waals surface area contributed by atoms with E-state index in [1.165, 1.54) is 19.4 Å². The van der Waals surface area contributed by atoms with Crippen molar-refractivity contribution in [2.24, 2.45) is 17.3 Å². The first-order chi connectivity index (χ1) is 7.42. The first-order valence-corrected chi connectivity index (χ1v) is 6.86. The van der Waals surface area contributed by atoms with E-state index < -0.39 is 0 Å². The van der Waals surface area contributed by atoms with Crippen LogP contribution in [0.4, 0.5) is 0 Å². The molecule has 0 aromatic heterocycles. The van der Waals surface area contributed by atoms with Crippen LogP contribution in [0, 0.1) is 17.3 Å². The Balaban J connectivity index is 2.20. The quantitative estimate of drug-likeness (QED) is 0.753. The molecule has 0 aromatic rings. The summed E-state index contributed by atoms with van der Waals surface area (Å²) >= 11 is 0. The maximum atomic E-state index is 3.63. The molecule has 2 nitrogen and oxygen atoms in total. The highest BCUT2D eigenvalue weighted by Gasteiger charge is 2.23. The molecule has 0 radical (unpaired) electrons. The molecule has 0 saturated carbocycles. The van der Waals surface area contributed by atoms with E-state index in [1.807, 2.05) is 0 Å². The number of rotatable bonds is 5. The summed E-state index contributed by atoms with van der Waals surface area (Å²) in [4.78, 5) is 0. The molecule has 96 valence electrons. The third-order valence-electron chi connectivity index (χ3n) is 4.29. The van der Waals surface area contributed by atoms with Crippen molar-refractivity contribution in [3.63, 3.8) is 0 Å². The SMILES string of the molecule is CC1CCNC(CNCC(C)(C)C(C)C)C1. The van der Waals surface area contributed by atoms with Gasteiger partial charge in [-0.2, -0.15) is 0 Å². The lowest BCUT2D eigenvalue weighted by Gasteiger charge is -2.32. The highest BCUT2D eigenvalue weighted by Crippen LogP contribution is 2.24. The summed E-state index contributed by atoms with van der Waals surface area (Å²) in [5, 5.41) is 7.24. The van der Waals surface area contributed by atoms with Gasteiger partial charge in [0.05, 0.1) is 0 Å². The molecule has 1 aliphatic heterocycles. The number of hydrogen-bond donors (Lipinski definition) is 2. The van der Waals surface area contributed by atoms with E-state index in [2.05, 4.69) is 45.3 Å². The first-order valence-electron chi connectivity index (χ1n) is 6.86. The van der Waals surface area contributed by atoms with Gasteiger partial charge in [0.15, 0.2) is 0 Å². The van der Waals surface area contributed by atoms with Crippen molar-refractivity contribution < 1.29 is 0 Å². The second kappa shape index (κ2) is 6.02. The van der Waals surface area contributed by atoms with Crippen molar-refractivity contribution in [3.05, 3.63) is 0 Å². The molecule has 2 N–H and O–H groups in total. The van der Waals surface area contributed by atoms with Gasteiger partial charge in [0.1, 0.15) is 0 Å². The lowest BCUT2D eigenvalue weighted by Crippen LogP contribution is -2.46. The Labute approximate surface area is 102 Å². The van der Waals surface area contributed by atoms with E-state index in [9.17, 15) is 0 Å². The minimum atomic E-state index is 0.403. The molecule has 2 atom stereocenters. The highest BCUT2D eigenvalue weighted by molar-refractivity contribution is 4.80. The second-order valence-corrected chi connectivity index (χ2v) is 6.55. The molecule has 2 unspecified atom stereocenters. The van der Waals surface area contributed by atoms with Gasteiger partial charge in [-0.05, 0) is 36.6 Å². The molecule has 1 saturated heterocycles. The molecule has 2 heteroatoms. The van der Waals surface area contributed by atoms with Crippen LogP contribution < -0.4 is 10.6 Å². The normalized spacial score (nSPS) is 27.4. The monoisotopic (exact) mass is 226 g/mol. The maximum Gasteiger partial charge on any atom is 0.0195 e. The fourth-order valence-electron chi connectivity index (χ4n) is 2.15. The molecule has 1 fully saturated rings. The standard InChI is InChI=1S/C14H30N2/c1-11(2)14(4,5)10-15-9-13-8-12(3)6-7-16-13/h11-13,15-16H,6-10H2,1-5H3. The van der Waals surface area contributed by atoms with Crippen molar-refractivity contribution in [3.8, 4) is 0 Å². The third-order valence-corrected chi connectivity index (χ3v) is 4.29. The lowest BCUT2D eigenvalue weighted by atomic mass is 9.81. The molecule has 1 aliphatic rings. The van der Waals surface area contributed by atoms with E-state index in [-0.39, 0.29) is 0 Å². The van der Waals surface area contributed by atoms with Crippen LogP contribution in [-0.4, -0.2) is 25.7 Å². The Bertz CT molecular complexity index is 199. The van der Waals surface area contributed by atoms with Gasteiger partial charge in [-0.3, -0.25) is 0 Å². The summed E-state index contributed by atoms with van der Waals surface area (Å²) in [6.07, 6.45) is 2.67. The van der Waals surface area contributed by atoms with Gasteiger partial charge < -0.3 is 10.6 Å². The predicted octanol–water partition coefficient (Wildman–Crippen LogP) is 2.65. The van der Waals surface area contributed by atoms with Crippen molar-refractivity contribution >= 4 is 0 Å². The Hall–Kier alpha value is -0.0800. The zero-order valence-electron chi connectivity index (χ0n) is 11.8. The average molecular weight is 226 g/mol. The minimum absolute atomic E-state index is 0.403. The van der Waals surface area contributed by atoms with E-state index in [0.717, 1.165) is 24.9 Å². The van der Waals surface area contributed by atoms with Gasteiger partial charge >= 0.3 is 0 Å². The van der Waals surface area contributed by atoms with Gasteiger partial charge in [0.2, 0.25) is 0 Å². The van der Waals surface area contributed by atoms with Crippen LogP contribution in [0.25, 0.3) is 0 Å². The van der Waals surface area contributed by atoms with Gasteiger partial charge in [0.25, 0.3) is 0 Å². The van der Waals surface area contributed by atoms with Crippen LogP contribution in [0.2, 0.25) is 0 Å². The summed E-state index contributed by atoms with van der Waals surface area (Å²) in [6, 6.07) is 0.687. The lowest BCUT2D eigenvalue weighted by molar-refractivity contribution is 0.227. The molecular weight excluding hydrogens is 196 g/mol.